The molecule has 2 atom stereocenters. The van der Waals surface area contributed by atoms with Crippen LogP contribution in [0, 0.1) is 12.8 Å². The summed E-state index contributed by atoms with van der Waals surface area (Å²) in [6.07, 6.45) is 1.22. The Morgan fingerprint density at radius 1 is 1.33 bits per heavy atom. The van der Waals surface area contributed by atoms with E-state index in [1.54, 1.807) is 0 Å². The third-order valence-electron chi connectivity index (χ3n) is 3.53. The quantitative estimate of drug-likeness (QED) is 0.819. The normalized spacial score (nSPS) is 14.6. The minimum Gasteiger partial charge on any atom is -0.348 e. The second-order valence-corrected chi connectivity index (χ2v) is 6.02. The van der Waals surface area contributed by atoms with E-state index in [0.29, 0.717) is 6.04 Å². The van der Waals surface area contributed by atoms with E-state index in [1.165, 1.54) is 22.1 Å². The van der Waals surface area contributed by atoms with Gasteiger partial charge in [0.2, 0.25) is 0 Å². The fraction of sp³-hybridized carbons (Fsp3) is 0.786. The summed E-state index contributed by atoms with van der Waals surface area (Å²) in [5.74, 6) is 0.722. The number of aryl methyl sites for hydroxylation is 1. The SMILES string of the molecule is CCC(C)CN(CC)c1nc(C)c(C(C)NC)s1. The van der Waals surface area contributed by atoms with E-state index in [9.17, 15) is 0 Å². The molecule has 0 aromatic carbocycles. The van der Waals surface area contributed by atoms with Gasteiger partial charge in [0.1, 0.15) is 0 Å². The van der Waals surface area contributed by atoms with Gasteiger partial charge in [0.05, 0.1) is 5.69 Å². The maximum atomic E-state index is 4.74. The number of rotatable bonds is 7. The number of anilines is 1. The van der Waals surface area contributed by atoms with Gasteiger partial charge in [0.15, 0.2) is 5.13 Å². The van der Waals surface area contributed by atoms with Gasteiger partial charge in [-0.05, 0) is 33.7 Å². The molecule has 0 aliphatic heterocycles. The van der Waals surface area contributed by atoms with E-state index in [2.05, 4.69) is 44.8 Å². The number of nitrogens with one attached hydrogen (secondary N) is 1. The predicted octanol–water partition coefficient (Wildman–Crippen LogP) is 3.60. The first-order chi connectivity index (χ1) is 8.53. The smallest absolute Gasteiger partial charge is 0.185 e. The fourth-order valence-electron chi connectivity index (χ4n) is 1.91. The molecule has 0 spiro atoms. The zero-order valence-electron chi connectivity index (χ0n) is 12.6. The molecule has 0 saturated carbocycles. The topological polar surface area (TPSA) is 28.2 Å². The van der Waals surface area contributed by atoms with Gasteiger partial charge in [-0.2, -0.15) is 0 Å². The van der Waals surface area contributed by atoms with E-state index >= 15 is 0 Å². The van der Waals surface area contributed by atoms with Crippen molar-refractivity contribution < 1.29 is 0 Å². The summed E-state index contributed by atoms with van der Waals surface area (Å²) in [6, 6.07) is 0.388. The average Bonchev–Trinajstić information content (AvgIpc) is 2.76. The third-order valence-corrected chi connectivity index (χ3v) is 4.93. The summed E-state index contributed by atoms with van der Waals surface area (Å²) in [5.41, 5.74) is 1.17. The lowest BCUT2D eigenvalue weighted by Crippen LogP contribution is -2.27. The van der Waals surface area contributed by atoms with Crippen LogP contribution in [0.15, 0.2) is 0 Å². The standard InChI is InChI=1S/C14H27N3S/c1-7-10(3)9-17(8-2)14-16-12(5)13(18-14)11(4)15-6/h10-11,15H,7-9H2,1-6H3. The van der Waals surface area contributed by atoms with Crippen LogP contribution in [0.25, 0.3) is 0 Å². The van der Waals surface area contributed by atoms with Crippen molar-refractivity contribution in [3.63, 3.8) is 0 Å². The average molecular weight is 269 g/mol. The molecule has 0 amide bonds. The number of aromatic nitrogens is 1. The molecule has 18 heavy (non-hydrogen) atoms. The van der Waals surface area contributed by atoms with Crippen LogP contribution in [0.5, 0.6) is 0 Å². The summed E-state index contributed by atoms with van der Waals surface area (Å²) >= 11 is 1.83. The molecule has 4 heteroatoms. The largest absolute Gasteiger partial charge is 0.348 e. The van der Waals surface area contributed by atoms with Crippen LogP contribution in [0.3, 0.4) is 0 Å². The summed E-state index contributed by atoms with van der Waals surface area (Å²) in [5, 5.41) is 4.47. The molecule has 1 rings (SSSR count). The van der Waals surface area contributed by atoms with Crippen LogP contribution < -0.4 is 10.2 Å². The molecule has 0 aliphatic rings. The number of nitrogens with zero attached hydrogens (tertiary/aromatic N) is 2. The molecular formula is C14H27N3S. The Balaban J connectivity index is 2.87. The first kappa shape index (κ1) is 15.4. The summed E-state index contributed by atoms with van der Waals surface area (Å²) in [4.78, 5) is 8.50. The van der Waals surface area contributed by atoms with Crippen molar-refractivity contribution in [2.45, 2.75) is 47.1 Å². The van der Waals surface area contributed by atoms with Gasteiger partial charge in [0.25, 0.3) is 0 Å². The first-order valence-corrected chi connectivity index (χ1v) is 7.74. The van der Waals surface area contributed by atoms with Crippen molar-refractivity contribution in [2.24, 2.45) is 5.92 Å². The maximum absolute atomic E-state index is 4.74. The van der Waals surface area contributed by atoms with Crippen LogP contribution in [0.4, 0.5) is 5.13 Å². The Bertz CT molecular complexity index is 362. The monoisotopic (exact) mass is 269 g/mol. The molecule has 2 unspecified atom stereocenters. The maximum Gasteiger partial charge on any atom is 0.185 e. The highest BCUT2D eigenvalue weighted by Crippen LogP contribution is 2.31. The third kappa shape index (κ3) is 3.69. The molecule has 3 nitrogen and oxygen atoms in total. The van der Waals surface area contributed by atoms with E-state index in [4.69, 9.17) is 4.98 Å². The number of hydrogen-bond donors (Lipinski definition) is 1. The molecule has 1 aromatic rings. The lowest BCUT2D eigenvalue weighted by Gasteiger charge is -2.23. The Hall–Kier alpha value is -0.610. The van der Waals surface area contributed by atoms with Crippen molar-refractivity contribution in [1.82, 2.24) is 10.3 Å². The molecule has 0 fully saturated rings. The Labute approximate surface area is 116 Å². The second kappa shape index (κ2) is 7.10. The van der Waals surface area contributed by atoms with Crippen molar-refractivity contribution in [3.05, 3.63) is 10.6 Å². The van der Waals surface area contributed by atoms with Crippen LogP contribution in [0.1, 0.15) is 50.7 Å². The molecular weight excluding hydrogens is 242 g/mol. The number of thiazole rings is 1. The van der Waals surface area contributed by atoms with Crippen LogP contribution >= 0.6 is 11.3 Å². The van der Waals surface area contributed by atoms with Gasteiger partial charge >= 0.3 is 0 Å². The van der Waals surface area contributed by atoms with Gasteiger partial charge < -0.3 is 10.2 Å². The molecule has 0 saturated heterocycles. The van der Waals surface area contributed by atoms with Crippen molar-refractivity contribution in [2.75, 3.05) is 25.0 Å². The van der Waals surface area contributed by atoms with E-state index in [1.807, 2.05) is 18.4 Å². The Kier molecular flexibility index (Phi) is 6.09. The van der Waals surface area contributed by atoms with Crippen molar-refractivity contribution in [3.8, 4) is 0 Å². The van der Waals surface area contributed by atoms with Gasteiger partial charge in [-0.25, -0.2) is 4.98 Å². The summed E-state index contributed by atoms with van der Waals surface area (Å²) < 4.78 is 0. The molecule has 1 heterocycles. The van der Waals surface area contributed by atoms with E-state index < -0.39 is 0 Å². The second-order valence-electron chi connectivity index (χ2n) is 5.01. The van der Waals surface area contributed by atoms with Crippen LogP contribution in [-0.4, -0.2) is 25.1 Å². The van der Waals surface area contributed by atoms with Crippen molar-refractivity contribution in [1.29, 1.82) is 0 Å². The highest BCUT2D eigenvalue weighted by Gasteiger charge is 2.17. The zero-order valence-corrected chi connectivity index (χ0v) is 13.4. The minimum atomic E-state index is 0.388. The Morgan fingerprint density at radius 2 is 2.00 bits per heavy atom. The molecule has 104 valence electrons. The highest BCUT2D eigenvalue weighted by molar-refractivity contribution is 7.15. The zero-order chi connectivity index (χ0) is 13.7. The molecule has 0 radical (unpaired) electrons. The van der Waals surface area contributed by atoms with Gasteiger partial charge in [-0.15, -0.1) is 11.3 Å². The molecule has 1 aromatic heterocycles. The van der Waals surface area contributed by atoms with Gasteiger partial charge in [-0.3, -0.25) is 0 Å². The lowest BCUT2D eigenvalue weighted by atomic mass is 10.1. The fourth-order valence-corrected chi connectivity index (χ4v) is 3.11. The van der Waals surface area contributed by atoms with Gasteiger partial charge in [-0.1, -0.05) is 20.3 Å². The van der Waals surface area contributed by atoms with E-state index in [0.717, 1.165) is 19.0 Å². The summed E-state index contributed by atoms with van der Waals surface area (Å²) in [7, 11) is 2.00. The van der Waals surface area contributed by atoms with Crippen LogP contribution in [0.2, 0.25) is 0 Å². The highest BCUT2D eigenvalue weighted by atomic mass is 32.1. The molecule has 1 N–H and O–H groups in total. The predicted molar refractivity (Wildman–Crippen MR) is 81.7 cm³/mol. The van der Waals surface area contributed by atoms with Crippen LogP contribution in [-0.2, 0) is 0 Å². The lowest BCUT2D eigenvalue weighted by molar-refractivity contribution is 0.547. The van der Waals surface area contributed by atoms with E-state index in [-0.39, 0.29) is 0 Å². The van der Waals surface area contributed by atoms with Gasteiger partial charge in [0, 0.05) is 24.0 Å². The molecule has 0 bridgehead atoms. The first-order valence-electron chi connectivity index (χ1n) is 6.92. The summed E-state index contributed by atoms with van der Waals surface area (Å²) in [6.45, 7) is 13.2. The minimum absolute atomic E-state index is 0.388. The molecule has 0 aliphatic carbocycles. The Morgan fingerprint density at radius 3 is 2.50 bits per heavy atom. The van der Waals surface area contributed by atoms with Crippen molar-refractivity contribution >= 4 is 16.5 Å². The number of hydrogen-bond acceptors (Lipinski definition) is 4.